The Morgan fingerprint density at radius 3 is 2.78 bits per heavy atom. The van der Waals surface area contributed by atoms with Gasteiger partial charge in [0.1, 0.15) is 5.01 Å². The molecule has 1 amide bonds. The van der Waals surface area contributed by atoms with Gasteiger partial charge in [0.2, 0.25) is 5.13 Å². The van der Waals surface area contributed by atoms with Crippen LogP contribution in [0.3, 0.4) is 0 Å². The number of carbonyl (C=O) groups is 1. The first kappa shape index (κ1) is 11.3. The summed E-state index contributed by atoms with van der Waals surface area (Å²) in [4.78, 5) is 12.1. The Morgan fingerprint density at radius 2 is 2.17 bits per heavy atom. The number of hydrogen-bond donors (Lipinski definition) is 2. The summed E-state index contributed by atoms with van der Waals surface area (Å²) < 4.78 is 0. The lowest BCUT2D eigenvalue weighted by molar-refractivity contribution is 0.102. The second-order valence-electron chi connectivity index (χ2n) is 4.48. The Bertz CT molecular complexity index is 579. The fourth-order valence-corrected chi connectivity index (χ4v) is 2.73. The highest BCUT2D eigenvalue weighted by molar-refractivity contribution is 7.15. The zero-order valence-electron chi connectivity index (χ0n) is 10.1. The molecule has 0 bridgehead atoms. The Balaban J connectivity index is 1.77. The van der Waals surface area contributed by atoms with Gasteiger partial charge in [-0.25, -0.2) is 0 Å². The molecule has 6 nitrogen and oxygen atoms in total. The molecular weight excluding hydrogens is 250 g/mol. The van der Waals surface area contributed by atoms with Crippen molar-refractivity contribution in [3.63, 3.8) is 0 Å². The Kier molecular flexibility index (Phi) is 2.62. The largest absolute Gasteiger partial charge is 0.296 e. The van der Waals surface area contributed by atoms with Gasteiger partial charge in [0.05, 0.1) is 11.3 Å². The van der Waals surface area contributed by atoms with E-state index in [1.165, 1.54) is 24.2 Å². The van der Waals surface area contributed by atoms with Crippen molar-refractivity contribution in [3.05, 3.63) is 22.0 Å². The van der Waals surface area contributed by atoms with Crippen LogP contribution in [-0.4, -0.2) is 26.3 Å². The molecule has 1 saturated carbocycles. The normalized spacial score (nSPS) is 14.8. The van der Waals surface area contributed by atoms with Crippen molar-refractivity contribution in [2.24, 2.45) is 0 Å². The van der Waals surface area contributed by atoms with E-state index in [0.717, 1.165) is 10.7 Å². The van der Waals surface area contributed by atoms with Crippen LogP contribution in [0.15, 0.2) is 0 Å². The third-order valence-corrected chi connectivity index (χ3v) is 3.94. The van der Waals surface area contributed by atoms with Crippen LogP contribution in [0.4, 0.5) is 5.13 Å². The van der Waals surface area contributed by atoms with Crippen LogP contribution in [0.1, 0.15) is 45.5 Å². The molecule has 0 saturated heterocycles. The minimum Gasteiger partial charge on any atom is -0.296 e. The molecule has 2 aromatic heterocycles. The molecule has 7 heteroatoms. The maximum absolute atomic E-state index is 12.1. The smallest absolute Gasteiger partial charge is 0.261 e. The third kappa shape index (κ3) is 2.01. The van der Waals surface area contributed by atoms with E-state index in [4.69, 9.17) is 0 Å². The van der Waals surface area contributed by atoms with Crippen LogP contribution in [-0.2, 0) is 0 Å². The van der Waals surface area contributed by atoms with Gasteiger partial charge in [-0.05, 0) is 26.7 Å². The standard InChI is InChI=1S/C11H13N5OS/c1-5-8(6(2)14-13-5)9(17)12-11-16-15-10(18-11)7-3-4-7/h7H,3-4H2,1-2H3,(H,13,14)(H,12,16,17). The van der Waals surface area contributed by atoms with E-state index in [2.05, 4.69) is 25.7 Å². The molecule has 0 aromatic carbocycles. The first-order valence-electron chi connectivity index (χ1n) is 5.81. The van der Waals surface area contributed by atoms with Gasteiger partial charge in [-0.1, -0.05) is 11.3 Å². The van der Waals surface area contributed by atoms with E-state index in [9.17, 15) is 4.79 Å². The van der Waals surface area contributed by atoms with Gasteiger partial charge in [0.25, 0.3) is 5.91 Å². The van der Waals surface area contributed by atoms with Crippen LogP contribution < -0.4 is 5.32 Å². The number of H-pyrrole nitrogens is 1. The van der Waals surface area contributed by atoms with E-state index in [1.807, 2.05) is 6.92 Å². The number of amides is 1. The fraction of sp³-hybridized carbons (Fsp3) is 0.455. The molecule has 0 spiro atoms. The highest BCUT2D eigenvalue weighted by atomic mass is 32.1. The number of rotatable bonds is 3. The minimum atomic E-state index is -0.183. The van der Waals surface area contributed by atoms with Crippen LogP contribution in [0.5, 0.6) is 0 Å². The fourth-order valence-electron chi connectivity index (χ4n) is 1.83. The molecule has 0 aliphatic heterocycles. The number of carbonyl (C=O) groups excluding carboxylic acids is 1. The summed E-state index contributed by atoms with van der Waals surface area (Å²) in [6, 6.07) is 0. The SMILES string of the molecule is Cc1n[nH]c(C)c1C(=O)Nc1nnc(C2CC2)s1. The first-order valence-corrected chi connectivity index (χ1v) is 6.63. The van der Waals surface area contributed by atoms with Gasteiger partial charge in [0.15, 0.2) is 0 Å². The van der Waals surface area contributed by atoms with Crippen molar-refractivity contribution in [2.75, 3.05) is 5.32 Å². The third-order valence-electron chi connectivity index (χ3n) is 2.94. The van der Waals surface area contributed by atoms with Crippen molar-refractivity contribution in [1.82, 2.24) is 20.4 Å². The summed E-state index contributed by atoms with van der Waals surface area (Å²) >= 11 is 1.46. The topological polar surface area (TPSA) is 83.6 Å². The van der Waals surface area contributed by atoms with Crippen LogP contribution >= 0.6 is 11.3 Å². The van der Waals surface area contributed by atoms with Crippen LogP contribution in [0, 0.1) is 13.8 Å². The quantitative estimate of drug-likeness (QED) is 0.887. The number of hydrogen-bond acceptors (Lipinski definition) is 5. The molecule has 2 aromatic rings. The van der Waals surface area contributed by atoms with Gasteiger partial charge in [0, 0.05) is 11.6 Å². The van der Waals surface area contributed by atoms with Gasteiger partial charge in [-0.15, -0.1) is 10.2 Å². The molecule has 2 N–H and O–H groups in total. The van der Waals surface area contributed by atoms with Crippen molar-refractivity contribution < 1.29 is 4.79 Å². The number of aromatic nitrogens is 4. The predicted molar refractivity (Wildman–Crippen MR) is 67.9 cm³/mol. The molecule has 1 fully saturated rings. The molecule has 2 heterocycles. The maximum atomic E-state index is 12.1. The first-order chi connectivity index (χ1) is 8.65. The van der Waals surface area contributed by atoms with Crippen molar-refractivity contribution in [2.45, 2.75) is 32.6 Å². The summed E-state index contributed by atoms with van der Waals surface area (Å²) in [5.41, 5.74) is 2.03. The van der Waals surface area contributed by atoms with E-state index in [1.54, 1.807) is 6.92 Å². The van der Waals surface area contributed by atoms with E-state index >= 15 is 0 Å². The summed E-state index contributed by atoms with van der Waals surface area (Å²) in [5.74, 6) is 0.378. The number of aryl methyl sites for hydroxylation is 2. The molecule has 18 heavy (non-hydrogen) atoms. The van der Waals surface area contributed by atoms with Gasteiger partial charge < -0.3 is 0 Å². The Labute approximate surface area is 108 Å². The zero-order valence-corrected chi connectivity index (χ0v) is 11.0. The van der Waals surface area contributed by atoms with E-state index in [0.29, 0.717) is 22.3 Å². The number of anilines is 1. The lowest BCUT2D eigenvalue weighted by atomic mass is 10.2. The predicted octanol–water partition coefficient (Wildman–Crippen LogP) is 2.01. The highest BCUT2D eigenvalue weighted by Gasteiger charge is 2.28. The van der Waals surface area contributed by atoms with Gasteiger partial charge in [-0.3, -0.25) is 15.2 Å². The minimum absolute atomic E-state index is 0.183. The molecule has 3 rings (SSSR count). The van der Waals surface area contributed by atoms with Crippen LogP contribution in [0.2, 0.25) is 0 Å². The second kappa shape index (κ2) is 4.16. The van der Waals surface area contributed by atoms with Crippen molar-refractivity contribution in [1.29, 1.82) is 0 Å². The number of nitrogens with one attached hydrogen (secondary N) is 2. The molecule has 1 aliphatic rings. The number of aromatic amines is 1. The molecule has 0 radical (unpaired) electrons. The molecular formula is C11H13N5OS. The Hall–Kier alpha value is -1.76. The number of nitrogens with zero attached hydrogens (tertiary/aromatic N) is 3. The van der Waals surface area contributed by atoms with Crippen LogP contribution in [0.25, 0.3) is 0 Å². The second-order valence-corrected chi connectivity index (χ2v) is 5.49. The summed E-state index contributed by atoms with van der Waals surface area (Å²) in [7, 11) is 0. The lowest BCUT2D eigenvalue weighted by Gasteiger charge is -2.00. The average molecular weight is 263 g/mol. The van der Waals surface area contributed by atoms with E-state index in [-0.39, 0.29) is 5.91 Å². The molecule has 1 aliphatic carbocycles. The molecule has 0 unspecified atom stereocenters. The molecule has 0 atom stereocenters. The highest BCUT2D eigenvalue weighted by Crippen LogP contribution is 2.42. The average Bonchev–Trinajstić information content (AvgIpc) is 2.99. The van der Waals surface area contributed by atoms with Crippen molar-refractivity contribution >= 4 is 22.4 Å². The van der Waals surface area contributed by atoms with E-state index < -0.39 is 0 Å². The van der Waals surface area contributed by atoms with Crippen molar-refractivity contribution in [3.8, 4) is 0 Å². The summed E-state index contributed by atoms with van der Waals surface area (Å²) in [6.07, 6.45) is 2.37. The molecule has 94 valence electrons. The monoisotopic (exact) mass is 263 g/mol. The zero-order chi connectivity index (χ0) is 12.7. The van der Waals surface area contributed by atoms with Gasteiger partial charge >= 0.3 is 0 Å². The maximum Gasteiger partial charge on any atom is 0.261 e. The Morgan fingerprint density at radius 1 is 1.39 bits per heavy atom. The summed E-state index contributed by atoms with van der Waals surface area (Å²) in [5, 5.41) is 19.2. The van der Waals surface area contributed by atoms with Gasteiger partial charge in [-0.2, -0.15) is 5.10 Å². The summed E-state index contributed by atoms with van der Waals surface area (Å²) in [6.45, 7) is 3.62. The lowest BCUT2D eigenvalue weighted by Crippen LogP contribution is -2.13.